The van der Waals surface area contributed by atoms with Crippen LogP contribution in [0.15, 0.2) is 47.6 Å². The maximum Gasteiger partial charge on any atom is 0.234 e. The zero-order valence-corrected chi connectivity index (χ0v) is 18.3. The van der Waals surface area contributed by atoms with Crippen molar-refractivity contribution in [2.45, 2.75) is 32.0 Å². The Bertz CT molecular complexity index is 1020. The van der Waals surface area contributed by atoms with E-state index in [1.807, 2.05) is 68.8 Å². The Morgan fingerprint density at radius 1 is 1.21 bits per heavy atom. The van der Waals surface area contributed by atoms with E-state index in [4.69, 9.17) is 16.3 Å². The summed E-state index contributed by atoms with van der Waals surface area (Å²) in [5.41, 5.74) is 3.04. The molecule has 0 fully saturated rings. The van der Waals surface area contributed by atoms with Crippen molar-refractivity contribution in [2.24, 2.45) is 7.05 Å². The summed E-state index contributed by atoms with van der Waals surface area (Å²) in [4.78, 5) is 12.4. The highest BCUT2D eigenvalue weighted by Gasteiger charge is 2.19. The van der Waals surface area contributed by atoms with E-state index in [1.165, 1.54) is 11.8 Å². The molecule has 3 aromatic rings. The fraction of sp³-hybridized carbons (Fsp3) is 0.286. The average Bonchev–Trinajstić information content (AvgIpc) is 3.06. The molecule has 3 rings (SSSR count). The topological polar surface area (TPSA) is 69.0 Å². The quantitative estimate of drug-likeness (QED) is 0.536. The normalized spacial score (nSPS) is 11.9. The van der Waals surface area contributed by atoms with Gasteiger partial charge in [-0.05, 0) is 50.1 Å². The van der Waals surface area contributed by atoms with E-state index in [0.29, 0.717) is 21.8 Å². The molecule has 0 saturated carbocycles. The van der Waals surface area contributed by atoms with Crippen molar-refractivity contribution in [3.8, 4) is 5.75 Å². The highest BCUT2D eigenvalue weighted by atomic mass is 35.5. The first-order chi connectivity index (χ1) is 13.9. The number of carbonyl (C=O) groups is 1. The molecule has 152 valence electrons. The molecule has 1 atom stereocenters. The van der Waals surface area contributed by atoms with Crippen LogP contribution >= 0.6 is 23.4 Å². The van der Waals surface area contributed by atoms with Crippen molar-refractivity contribution < 1.29 is 9.53 Å². The number of thioether (sulfide) groups is 1. The SMILES string of the molecule is Cc1cccc(NC(=O)CSc2nnc(C(C)Oc3ccccc3Cl)n2C)c1C. The Morgan fingerprint density at radius 3 is 2.72 bits per heavy atom. The molecule has 1 N–H and O–H groups in total. The van der Waals surface area contributed by atoms with Crippen molar-refractivity contribution in [1.29, 1.82) is 0 Å². The molecule has 0 bridgehead atoms. The second-order valence-corrected chi connectivity index (χ2v) is 8.02. The predicted octanol–water partition coefficient (Wildman–Crippen LogP) is 4.96. The third-order valence-electron chi connectivity index (χ3n) is 4.58. The van der Waals surface area contributed by atoms with Gasteiger partial charge in [-0.15, -0.1) is 10.2 Å². The van der Waals surface area contributed by atoms with Gasteiger partial charge >= 0.3 is 0 Å². The number of para-hydroxylation sites is 1. The fourth-order valence-corrected chi connectivity index (χ4v) is 3.69. The second kappa shape index (κ2) is 9.33. The van der Waals surface area contributed by atoms with Crippen molar-refractivity contribution in [3.63, 3.8) is 0 Å². The lowest BCUT2D eigenvalue weighted by molar-refractivity contribution is -0.113. The van der Waals surface area contributed by atoms with E-state index in [1.54, 1.807) is 6.07 Å². The summed E-state index contributed by atoms with van der Waals surface area (Å²) in [7, 11) is 1.85. The van der Waals surface area contributed by atoms with Crippen LogP contribution in [-0.2, 0) is 11.8 Å². The molecule has 29 heavy (non-hydrogen) atoms. The van der Waals surface area contributed by atoms with Gasteiger partial charge in [0, 0.05) is 12.7 Å². The Labute approximate surface area is 179 Å². The van der Waals surface area contributed by atoms with Crippen molar-refractivity contribution >= 4 is 35.0 Å². The van der Waals surface area contributed by atoms with Gasteiger partial charge in [-0.2, -0.15) is 0 Å². The number of hydrogen-bond donors (Lipinski definition) is 1. The molecule has 8 heteroatoms. The van der Waals surface area contributed by atoms with Crippen molar-refractivity contribution in [1.82, 2.24) is 14.8 Å². The van der Waals surface area contributed by atoms with Crippen LogP contribution in [0.4, 0.5) is 5.69 Å². The maximum absolute atomic E-state index is 12.4. The zero-order chi connectivity index (χ0) is 21.0. The van der Waals surface area contributed by atoms with Gasteiger partial charge in [-0.1, -0.05) is 47.6 Å². The molecule has 6 nitrogen and oxygen atoms in total. The molecule has 1 amide bonds. The van der Waals surface area contributed by atoms with E-state index in [2.05, 4.69) is 15.5 Å². The Morgan fingerprint density at radius 2 is 1.97 bits per heavy atom. The molecule has 0 radical (unpaired) electrons. The van der Waals surface area contributed by atoms with Gasteiger partial charge in [-0.3, -0.25) is 4.79 Å². The van der Waals surface area contributed by atoms with Crippen LogP contribution in [0.25, 0.3) is 0 Å². The number of nitrogens with zero attached hydrogens (tertiary/aromatic N) is 3. The number of benzene rings is 2. The van der Waals surface area contributed by atoms with Gasteiger partial charge in [-0.25, -0.2) is 0 Å². The van der Waals surface area contributed by atoms with Gasteiger partial charge in [0.05, 0.1) is 10.8 Å². The average molecular weight is 431 g/mol. The van der Waals surface area contributed by atoms with Crippen LogP contribution in [0.2, 0.25) is 5.02 Å². The monoisotopic (exact) mass is 430 g/mol. The van der Waals surface area contributed by atoms with Crippen LogP contribution in [0.5, 0.6) is 5.75 Å². The fourth-order valence-electron chi connectivity index (χ4n) is 2.79. The molecule has 1 unspecified atom stereocenters. The summed E-state index contributed by atoms with van der Waals surface area (Å²) < 4.78 is 7.74. The third-order valence-corrected chi connectivity index (χ3v) is 5.92. The predicted molar refractivity (Wildman–Crippen MR) is 117 cm³/mol. The number of carbonyl (C=O) groups excluding carboxylic acids is 1. The largest absolute Gasteiger partial charge is 0.481 e. The standard InChI is InChI=1S/C21H23ClN4O2S/c1-13-8-7-10-17(14(13)2)23-19(27)12-29-21-25-24-20(26(21)4)15(3)28-18-11-6-5-9-16(18)22/h5-11,15H,12H2,1-4H3,(H,23,27). The van der Waals surface area contributed by atoms with Gasteiger partial charge < -0.3 is 14.6 Å². The molecule has 1 heterocycles. The number of rotatable bonds is 7. The molecular formula is C21H23ClN4O2S. The summed E-state index contributed by atoms with van der Waals surface area (Å²) in [5, 5.41) is 12.6. The van der Waals surface area contributed by atoms with E-state index in [9.17, 15) is 4.79 Å². The second-order valence-electron chi connectivity index (χ2n) is 6.67. The number of ether oxygens (including phenoxy) is 1. The molecule has 0 aliphatic carbocycles. The van der Waals surface area contributed by atoms with Gasteiger partial charge in [0.15, 0.2) is 17.1 Å². The van der Waals surface area contributed by atoms with E-state index >= 15 is 0 Å². The van der Waals surface area contributed by atoms with E-state index in [-0.39, 0.29) is 17.8 Å². The summed E-state index contributed by atoms with van der Waals surface area (Å²) in [6.45, 7) is 5.90. The lowest BCUT2D eigenvalue weighted by Crippen LogP contribution is -2.15. The minimum absolute atomic E-state index is 0.0892. The van der Waals surface area contributed by atoms with Crippen LogP contribution in [-0.4, -0.2) is 26.4 Å². The molecular weight excluding hydrogens is 408 g/mol. The van der Waals surface area contributed by atoms with Crippen molar-refractivity contribution in [2.75, 3.05) is 11.1 Å². The number of halogens is 1. The molecule has 0 saturated heterocycles. The van der Waals surface area contributed by atoms with Gasteiger partial charge in [0.1, 0.15) is 5.75 Å². The summed E-state index contributed by atoms with van der Waals surface area (Å²) in [6.07, 6.45) is -0.342. The molecule has 0 aliphatic rings. The first-order valence-electron chi connectivity index (χ1n) is 9.16. The Hall–Kier alpha value is -2.51. The number of aromatic nitrogens is 3. The summed E-state index contributed by atoms with van der Waals surface area (Å²) in [5.74, 6) is 1.39. The summed E-state index contributed by atoms with van der Waals surface area (Å²) in [6, 6.07) is 13.1. The minimum atomic E-state index is -0.342. The van der Waals surface area contributed by atoms with Crippen LogP contribution < -0.4 is 10.1 Å². The van der Waals surface area contributed by atoms with Crippen LogP contribution in [0, 0.1) is 13.8 Å². The Kier molecular flexibility index (Phi) is 6.82. The Balaban J connectivity index is 1.61. The minimum Gasteiger partial charge on any atom is -0.481 e. The smallest absolute Gasteiger partial charge is 0.234 e. The van der Waals surface area contributed by atoms with E-state index < -0.39 is 0 Å². The van der Waals surface area contributed by atoms with Gasteiger partial charge in [0.2, 0.25) is 5.91 Å². The highest BCUT2D eigenvalue weighted by Crippen LogP contribution is 2.29. The number of aryl methyl sites for hydroxylation is 1. The zero-order valence-electron chi connectivity index (χ0n) is 16.8. The van der Waals surface area contributed by atoms with Crippen LogP contribution in [0.1, 0.15) is 30.0 Å². The third kappa shape index (κ3) is 5.10. The first-order valence-corrected chi connectivity index (χ1v) is 10.5. The molecule has 2 aromatic carbocycles. The molecule has 1 aromatic heterocycles. The number of nitrogens with one attached hydrogen (secondary N) is 1. The highest BCUT2D eigenvalue weighted by molar-refractivity contribution is 7.99. The number of hydrogen-bond acceptors (Lipinski definition) is 5. The lowest BCUT2D eigenvalue weighted by atomic mass is 10.1. The molecule has 0 aliphatic heterocycles. The van der Waals surface area contributed by atoms with E-state index in [0.717, 1.165) is 16.8 Å². The maximum atomic E-state index is 12.4. The van der Waals surface area contributed by atoms with Crippen molar-refractivity contribution in [3.05, 3.63) is 64.4 Å². The van der Waals surface area contributed by atoms with Crippen LogP contribution in [0.3, 0.4) is 0 Å². The molecule has 0 spiro atoms. The number of amides is 1. The number of anilines is 1. The summed E-state index contributed by atoms with van der Waals surface area (Å²) >= 11 is 7.48. The first kappa shape index (κ1) is 21.2. The van der Waals surface area contributed by atoms with Gasteiger partial charge in [0.25, 0.3) is 0 Å². The lowest BCUT2D eigenvalue weighted by Gasteiger charge is -2.15.